The van der Waals surface area contributed by atoms with Crippen molar-refractivity contribution in [1.82, 2.24) is 10.2 Å². The second-order valence-corrected chi connectivity index (χ2v) is 8.53. The third kappa shape index (κ3) is 3.46. The lowest BCUT2D eigenvalue weighted by atomic mass is 9.87. The van der Waals surface area contributed by atoms with Crippen LogP contribution in [0.4, 0.5) is 10.5 Å². The number of imide groups is 1. The minimum atomic E-state index is -0.814. The van der Waals surface area contributed by atoms with E-state index in [0.717, 1.165) is 36.1 Å². The molecule has 4 amide bonds. The van der Waals surface area contributed by atoms with Crippen molar-refractivity contribution in [3.05, 3.63) is 28.8 Å². The van der Waals surface area contributed by atoms with Crippen molar-refractivity contribution < 1.29 is 14.4 Å². The maximum absolute atomic E-state index is 13.2. The van der Waals surface area contributed by atoms with Gasteiger partial charge in [-0.3, -0.25) is 14.5 Å². The third-order valence-corrected chi connectivity index (χ3v) is 6.52. The SMILES string of the molecule is Cc1cc(N(CCC#N)C(=O)CN2C(=O)NC(C3CC3)(C3CC3)C2=O)ccc1Cl. The summed E-state index contributed by atoms with van der Waals surface area (Å²) in [6.07, 6.45) is 3.87. The van der Waals surface area contributed by atoms with Gasteiger partial charge in [-0.15, -0.1) is 0 Å². The van der Waals surface area contributed by atoms with Gasteiger partial charge < -0.3 is 10.2 Å². The van der Waals surface area contributed by atoms with Crippen LogP contribution in [0.15, 0.2) is 18.2 Å². The van der Waals surface area contributed by atoms with E-state index in [1.807, 2.05) is 13.0 Å². The molecule has 0 atom stereocenters. The van der Waals surface area contributed by atoms with Gasteiger partial charge in [0.1, 0.15) is 12.1 Å². The van der Waals surface area contributed by atoms with E-state index in [4.69, 9.17) is 16.9 Å². The van der Waals surface area contributed by atoms with Crippen LogP contribution in [-0.2, 0) is 9.59 Å². The van der Waals surface area contributed by atoms with Gasteiger partial charge in [0.05, 0.1) is 12.5 Å². The van der Waals surface area contributed by atoms with Crippen LogP contribution in [0.5, 0.6) is 0 Å². The Hall–Kier alpha value is -2.59. The highest BCUT2D eigenvalue weighted by molar-refractivity contribution is 6.31. The van der Waals surface area contributed by atoms with Crippen molar-refractivity contribution in [2.24, 2.45) is 11.8 Å². The average Bonchev–Trinajstić information content (AvgIpc) is 3.59. The van der Waals surface area contributed by atoms with Gasteiger partial charge in [0.15, 0.2) is 0 Å². The van der Waals surface area contributed by atoms with Gasteiger partial charge in [-0.05, 0) is 68.2 Å². The summed E-state index contributed by atoms with van der Waals surface area (Å²) < 4.78 is 0. The molecule has 1 heterocycles. The first-order valence-corrected chi connectivity index (χ1v) is 10.3. The molecule has 1 saturated heterocycles. The summed E-state index contributed by atoms with van der Waals surface area (Å²) in [5, 5.41) is 12.5. The number of nitriles is 1. The van der Waals surface area contributed by atoms with Crippen LogP contribution in [-0.4, -0.2) is 41.4 Å². The first-order valence-electron chi connectivity index (χ1n) is 9.96. The van der Waals surface area contributed by atoms with Crippen LogP contribution >= 0.6 is 11.6 Å². The minimum Gasteiger partial charge on any atom is -0.323 e. The van der Waals surface area contributed by atoms with E-state index < -0.39 is 17.5 Å². The average molecular weight is 415 g/mol. The number of anilines is 1. The number of carbonyl (C=O) groups excluding carboxylic acids is 3. The molecular formula is C21H23ClN4O3. The van der Waals surface area contributed by atoms with E-state index in [-0.39, 0.29) is 37.3 Å². The normalized spacial score (nSPS) is 20.4. The molecule has 1 N–H and O–H groups in total. The third-order valence-electron chi connectivity index (χ3n) is 6.10. The zero-order valence-corrected chi connectivity index (χ0v) is 17.0. The van der Waals surface area contributed by atoms with E-state index in [1.54, 1.807) is 18.2 Å². The number of rotatable bonds is 7. The second-order valence-electron chi connectivity index (χ2n) is 8.13. The van der Waals surface area contributed by atoms with Crippen molar-refractivity contribution in [3.8, 4) is 6.07 Å². The Labute approximate surface area is 174 Å². The fourth-order valence-electron chi connectivity index (χ4n) is 4.30. The van der Waals surface area contributed by atoms with Gasteiger partial charge in [0, 0.05) is 17.3 Å². The molecule has 3 aliphatic rings. The van der Waals surface area contributed by atoms with E-state index >= 15 is 0 Å². The number of nitrogens with one attached hydrogen (secondary N) is 1. The highest BCUT2D eigenvalue weighted by Gasteiger charge is 2.65. The lowest BCUT2D eigenvalue weighted by molar-refractivity contribution is -0.135. The monoisotopic (exact) mass is 414 g/mol. The van der Waals surface area contributed by atoms with Crippen molar-refractivity contribution in [3.63, 3.8) is 0 Å². The van der Waals surface area contributed by atoms with Crippen LogP contribution in [0.25, 0.3) is 0 Å². The lowest BCUT2D eigenvalue weighted by Crippen LogP contribution is -2.52. The Morgan fingerprint density at radius 2 is 1.97 bits per heavy atom. The highest BCUT2D eigenvalue weighted by Crippen LogP contribution is 2.54. The standard InChI is InChI=1S/C21H23ClN4O3/c1-13-11-16(7-8-17(13)22)25(10-2-9-23)18(27)12-26-19(28)21(14-3-4-14,15-5-6-15)24-20(26)29/h7-8,11,14-15H,2-6,10,12H2,1H3,(H,24,29). The number of halogens is 1. The minimum absolute atomic E-state index is 0.141. The smallest absolute Gasteiger partial charge is 0.323 e. The Morgan fingerprint density at radius 3 is 2.52 bits per heavy atom. The maximum atomic E-state index is 13.2. The summed E-state index contributed by atoms with van der Waals surface area (Å²) in [6, 6.07) is 6.71. The molecule has 0 radical (unpaired) electrons. The van der Waals surface area contributed by atoms with Gasteiger partial charge in [0.2, 0.25) is 5.91 Å². The summed E-state index contributed by atoms with van der Waals surface area (Å²) in [7, 11) is 0. The molecule has 1 aliphatic heterocycles. The molecule has 4 rings (SSSR count). The second kappa shape index (κ2) is 7.34. The van der Waals surface area contributed by atoms with E-state index in [9.17, 15) is 14.4 Å². The molecule has 1 aromatic rings. The molecule has 7 nitrogen and oxygen atoms in total. The number of carbonyl (C=O) groups is 3. The van der Waals surface area contributed by atoms with E-state index in [1.165, 1.54) is 4.90 Å². The maximum Gasteiger partial charge on any atom is 0.325 e. The van der Waals surface area contributed by atoms with Crippen LogP contribution in [0.2, 0.25) is 5.02 Å². The first kappa shape index (κ1) is 19.7. The van der Waals surface area contributed by atoms with Gasteiger partial charge in [-0.1, -0.05) is 11.6 Å². The lowest BCUT2D eigenvalue weighted by Gasteiger charge is -2.27. The number of hydrogen-bond donors (Lipinski definition) is 1. The molecule has 0 spiro atoms. The number of hydrogen-bond acceptors (Lipinski definition) is 4. The van der Waals surface area contributed by atoms with E-state index in [2.05, 4.69) is 5.32 Å². The molecule has 0 aromatic heterocycles. The molecule has 152 valence electrons. The number of benzene rings is 1. The molecule has 0 unspecified atom stereocenters. The summed E-state index contributed by atoms with van der Waals surface area (Å²) in [5.74, 6) is -0.304. The van der Waals surface area contributed by atoms with Crippen molar-refractivity contribution >= 4 is 35.1 Å². The summed E-state index contributed by atoms with van der Waals surface area (Å²) in [5.41, 5.74) is 0.580. The highest BCUT2D eigenvalue weighted by atomic mass is 35.5. The summed E-state index contributed by atoms with van der Waals surface area (Å²) >= 11 is 6.09. The molecule has 0 bridgehead atoms. The summed E-state index contributed by atoms with van der Waals surface area (Å²) in [6.45, 7) is 1.67. The number of amides is 4. The van der Waals surface area contributed by atoms with Crippen molar-refractivity contribution in [2.45, 2.75) is 44.6 Å². The zero-order chi connectivity index (χ0) is 20.8. The van der Waals surface area contributed by atoms with Crippen LogP contribution in [0, 0.1) is 30.1 Å². The van der Waals surface area contributed by atoms with Gasteiger partial charge in [-0.2, -0.15) is 5.26 Å². The summed E-state index contributed by atoms with van der Waals surface area (Å²) in [4.78, 5) is 41.4. The first-order chi connectivity index (χ1) is 13.9. The largest absolute Gasteiger partial charge is 0.325 e. The Balaban J connectivity index is 1.55. The fraction of sp³-hybridized carbons (Fsp3) is 0.524. The fourth-order valence-corrected chi connectivity index (χ4v) is 4.42. The molecule has 2 aliphatic carbocycles. The Morgan fingerprint density at radius 1 is 1.31 bits per heavy atom. The van der Waals surface area contributed by atoms with Gasteiger partial charge in [-0.25, -0.2) is 4.79 Å². The number of nitrogens with zero attached hydrogens (tertiary/aromatic N) is 3. The predicted molar refractivity (Wildman–Crippen MR) is 107 cm³/mol. The molecule has 2 saturated carbocycles. The van der Waals surface area contributed by atoms with Crippen LogP contribution < -0.4 is 10.2 Å². The van der Waals surface area contributed by atoms with Crippen molar-refractivity contribution in [2.75, 3.05) is 18.0 Å². The Bertz CT molecular complexity index is 905. The molecule has 1 aromatic carbocycles. The van der Waals surface area contributed by atoms with Gasteiger partial charge in [0.25, 0.3) is 5.91 Å². The predicted octanol–water partition coefficient (Wildman–Crippen LogP) is 3.01. The van der Waals surface area contributed by atoms with E-state index in [0.29, 0.717) is 10.7 Å². The molecular weight excluding hydrogens is 392 g/mol. The quantitative estimate of drug-likeness (QED) is 0.694. The topological polar surface area (TPSA) is 93.5 Å². The number of urea groups is 1. The molecule has 8 heteroatoms. The number of aryl methyl sites for hydroxylation is 1. The zero-order valence-electron chi connectivity index (χ0n) is 16.3. The Kier molecular flexibility index (Phi) is 4.99. The van der Waals surface area contributed by atoms with Crippen LogP contribution in [0.3, 0.4) is 0 Å². The van der Waals surface area contributed by atoms with Gasteiger partial charge >= 0.3 is 6.03 Å². The molecule has 29 heavy (non-hydrogen) atoms. The van der Waals surface area contributed by atoms with Crippen molar-refractivity contribution in [1.29, 1.82) is 5.26 Å². The molecule has 3 fully saturated rings. The van der Waals surface area contributed by atoms with Crippen LogP contribution in [0.1, 0.15) is 37.7 Å².